The van der Waals surface area contributed by atoms with Gasteiger partial charge < -0.3 is 4.74 Å². The van der Waals surface area contributed by atoms with Crippen molar-refractivity contribution in [3.63, 3.8) is 0 Å². The van der Waals surface area contributed by atoms with Crippen molar-refractivity contribution in [2.45, 2.75) is 68.1 Å². The van der Waals surface area contributed by atoms with Gasteiger partial charge in [-0.1, -0.05) is 69.4 Å². The summed E-state index contributed by atoms with van der Waals surface area (Å²) < 4.78 is 32.2. The van der Waals surface area contributed by atoms with E-state index in [4.69, 9.17) is 4.74 Å². The quantitative estimate of drug-likeness (QED) is 0.494. The van der Waals surface area contributed by atoms with E-state index in [2.05, 4.69) is 13.5 Å². The summed E-state index contributed by atoms with van der Waals surface area (Å²) in [4.78, 5) is 0.427. The summed E-state index contributed by atoms with van der Waals surface area (Å²) >= 11 is 0. The summed E-state index contributed by atoms with van der Waals surface area (Å²) in [5, 5.41) is -0.377. The van der Waals surface area contributed by atoms with Gasteiger partial charge in [0.25, 0.3) is 0 Å². The van der Waals surface area contributed by atoms with Gasteiger partial charge in [0.05, 0.1) is 22.9 Å². The molecular formula is C21H30O3S. The Hall–Kier alpha value is -1.13. The van der Waals surface area contributed by atoms with E-state index in [0.717, 1.165) is 18.4 Å². The molecule has 3 rings (SSSR count). The molecule has 2 aliphatic rings. The second-order valence-corrected chi connectivity index (χ2v) is 9.69. The number of unbranched alkanes of at least 4 members (excludes halogenated alkanes) is 4. The van der Waals surface area contributed by atoms with Gasteiger partial charge >= 0.3 is 0 Å². The zero-order chi connectivity index (χ0) is 17.9. The molecule has 1 aliphatic carbocycles. The van der Waals surface area contributed by atoms with Gasteiger partial charge in [0.2, 0.25) is 0 Å². The lowest BCUT2D eigenvalue weighted by atomic mass is 9.89. The van der Waals surface area contributed by atoms with Gasteiger partial charge in [0.15, 0.2) is 9.84 Å². The molecule has 1 saturated heterocycles. The molecule has 138 valence electrons. The Labute approximate surface area is 152 Å². The van der Waals surface area contributed by atoms with E-state index in [9.17, 15) is 8.42 Å². The van der Waals surface area contributed by atoms with Crippen LogP contribution in [0, 0.1) is 11.8 Å². The topological polar surface area (TPSA) is 43.4 Å². The molecule has 25 heavy (non-hydrogen) atoms. The molecule has 0 unspecified atom stereocenters. The molecule has 2 fully saturated rings. The number of benzene rings is 1. The Morgan fingerprint density at radius 2 is 1.84 bits per heavy atom. The van der Waals surface area contributed by atoms with Crippen LogP contribution in [0.4, 0.5) is 0 Å². The highest BCUT2D eigenvalue weighted by Gasteiger charge is 2.52. The van der Waals surface area contributed by atoms with E-state index in [0.29, 0.717) is 17.9 Å². The predicted octanol–water partition coefficient (Wildman–Crippen LogP) is 4.78. The second-order valence-electron chi connectivity index (χ2n) is 7.52. The van der Waals surface area contributed by atoms with Gasteiger partial charge in [-0.05, 0) is 25.0 Å². The highest BCUT2D eigenvalue weighted by molar-refractivity contribution is 7.92. The zero-order valence-electron chi connectivity index (χ0n) is 15.2. The molecule has 0 spiro atoms. The van der Waals surface area contributed by atoms with Crippen LogP contribution in [-0.4, -0.2) is 26.4 Å². The van der Waals surface area contributed by atoms with Crippen molar-refractivity contribution in [2.24, 2.45) is 11.8 Å². The summed E-state index contributed by atoms with van der Waals surface area (Å²) in [7, 11) is -3.32. The fourth-order valence-corrected chi connectivity index (χ4v) is 6.53. The third kappa shape index (κ3) is 3.85. The van der Waals surface area contributed by atoms with Crippen molar-refractivity contribution in [2.75, 3.05) is 6.61 Å². The average molecular weight is 363 g/mol. The van der Waals surface area contributed by atoms with Crippen LogP contribution in [0.5, 0.6) is 0 Å². The molecule has 0 amide bonds. The Balaban J connectivity index is 1.66. The summed E-state index contributed by atoms with van der Waals surface area (Å²) in [6, 6.07) is 8.83. The molecule has 3 nitrogen and oxygen atoms in total. The van der Waals surface area contributed by atoms with Crippen LogP contribution < -0.4 is 0 Å². The summed E-state index contributed by atoms with van der Waals surface area (Å²) in [6.07, 6.45) is 8.01. The van der Waals surface area contributed by atoms with Crippen molar-refractivity contribution in [3.05, 3.63) is 42.5 Å². The molecule has 1 aromatic rings. The summed E-state index contributed by atoms with van der Waals surface area (Å²) in [6.45, 7) is 7.00. The smallest absolute Gasteiger partial charge is 0.181 e. The summed E-state index contributed by atoms with van der Waals surface area (Å²) in [5.74, 6) is 0.285. The van der Waals surface area contributed by atoms with Crippen LogP contribution in [0.2, 0.25) is 0 Å². The fraction of sp³-hybridized carbons (Fsp3) is 0.619. The van der Waals surface area contributed by atoms with Gasteiger partial charge in [-0.25, -0.2) is 8.42 Å². The van der Waals surface area contributed by atoms with E-state index in [1.807, 2.05) is 6.07 Å². The normalized spacial score (nSPS) is 29.1. The van der Waals surface area contributed by atoms with Crippen LogP contribution in [0.25, 0.3) is 0 Å². The maximum atomic E-state index is 13.1. The molecular weight excluding hydrogens is 332 g/mol. The number of ether oxygens (including phenoxy) is 1. The number of fused-ring (bicyclic) bond motifs is 1. The van der Waals surface area contributed by atoms with Crippen LogP contribution in [0.3, 0.4) is 0 Å². The SMILES string of the molecule is C=C1C[C@H](S(=O)(=O)c2ccccc2)[C@@H]2CO[C@H](CCCCCCC)[C@@H]12. The molecule has 1 aliphatic heterocycles. The summed E-state index contributed by atoms with van der Waals surface area (Å²) in [5.41, 5.74) is 1.07. The molecule has 1 aromatic carbocycles. The fourth-order valence-electron chi connectivity index (χ4n) is 4.50. The molecule has 4 atom stereocenters. The van der Waals surface area contributed by atoms with E-state index < -0.39 is 9.84 Å². The molecule has 1 saturated carbocycles. The molecule has 4 heteroatoms. The lowest BCUT2D eigenvalue weighted by Crippen LogP contribution is -2.28. The molecule has 1 heterocycles. The van der Waals surface area contributed by atoms with E-state index in [-0.39, 0.29) is 23.2 Å². The third-order valence-corrected chi connectivity index (χ3v) is 8.08. The van der Waals surface area contributed by atoms with Crippen molar-refractivity contribution in [3.8, 4) is 0 Å². The minimum atomic E-state index is -3.32. The zero-order valence-corrected chi connectivity index (χ0v) is 16.0. The van der Waals surface area contributed by atoms with Gasteiger partial charge in [-0.2, -0.15) is 0 Å². The van der Waals surface area contributed by atoms with Crippen LogP contribution >= 0.6 is 0 Å². The Bertz CT molecular complexity index is 680. The van der Waals surface area contributed by atoms with Gasteiger partial charge in [0.1, 0.15) is 0 Å². The van der Waals surface area contributed by atoms with E-state index in [1.165, 1.54) is 25.7 Å². The number of rotatable bonds is 8. The largest absolute Gasteiger partial charge is 0.377 e. The minimum Gasteiger partial charge on any atom is -0.377 e. The number of sulfone groups is 1. The van der Waals surface area contributed by atoms with Gasteiger partial charge in [-0.15, -0.1) is 0 Å². The molecule has 0 aromatic heterocycles. The lowest BCUT2D eigenvalue weighted by molar-refractivity contribution is 0.0843. The molecule has 0 bridgehead atoms. The van der Waals surface area contributed by atoms with Crippen molar-refractivity contribution in [1.29, 1.82) is 0 Å². The average Bonchev–Trinajstić information content (AvgIpc) is 3.17. The minimum absolute atomic E-state index is 0.0679. The predicted molar refractivity (Wildman–Crippen MR) is 101 cm³/mol. The van der Waals surface area contributed by atoms with E-state index in [1.54, 1.807) is 24.3 Å². The first-order chi connectivity index (χ1) is 12.1. The third-order valence-electron chi connectivity index (χ3n) is 5.84. The highest BCUT2D eigenvalue weighted by Crippen LogP contribution is 2.48. The van der Waals surface area contributed by atoms with Crippen molar-refractivity contribution < 1.29 is 13.2 Å². The highest BCUT2D eigenvalue weighted by atomic mass is 32.2. The second kappa shape index (κ2) is 8.05. The first-order valence-corrected chi connectivity index (χ1v) is 11.2. The first kappa shape index (κ1) is 18.7. The molecule has 0 N–H and O–H groups in total. The number of hydrogen-bond acceptors (Lipinski definition) is 3. The monoisotopic (exact) mass is 362 g/mol. The van der Waals surface area contributed by atoms with Gasteiger partial charge in [-0.3, -0.25) is 0 Å². The maximum Gasteiger partial charge on any atom is 0.181 e. The molecule has 0 radical (unpaired) electrons. The maximum absolute atomic E-state index is 13.1. The standard InChI is InChI=1S/C21H30O3S/c1-3-4-5-6-10-13-19-21-16(2)14-20(18(21)15-24-19)25(22,23)17-11-8-7-9-12-17/h7-9,11-12,18-21H,2-6,10,13-15H2,1H3/t18-,19+,20-,21-/m0/s1. The Morgan fingerprint density at radius 1 is 1.12 bits per heavy atom. The Kier molecular flexibility index (Phi) is 6.00. The van der Waals surface area contributed by atoms with Gasteiger partial charge in [0, 0.05) is 11.8 Å². The lowest BCUT2D eigenvalue weighted by Gasteiger charge is -2.19. The first-order valence-electron chi connectivity index (χ1n) is 9.64. The van der Waals surface area contributed by atoms with Crippen LogP contribution in [0.15, 0.2) is 47.4 Å². The number of hydrogen-bond donors (Lipinski definition) is 0. The van der Waals surface area contributed by atoms with Crippen molar-refractivity contribution >= 4 is 9.84 Å². The van der Waals surface area contributed by atoms with E-state index >= 15 is 0 Å². The Morgan fingerprint density at radius 3 is 2.56 bits per heavy atom. The van der Waals surface area contributed by atoms with Crippen LogP contribution in [0.1, 0.15) is 51.9 Å². The van der Waals surface area contributed by atoms with Crippen LogP contribution in [-0.2, 0) is 14.6 Å². The van der Waals surface area contributed by atoms with Crippen molar-refractivity contribution in [1.82, 2.24) is 0 Å².